The van der Waals surface area contributed by atoms with Gasteiger partial charge in [0.05, 0.1) is 17.2 Å². The number of nitrogens with zero attached hydrogens (tertiary/aromatic N) is 4. The lowest BCUT2D eigenvalue weighted by atomic mass is 9.61. The number of anilines is 1. The van der Waals surface area contributed by atoms with E-state index in [2.05, 4.69) is 20.4 Å². The molecule has 1 amide bonds. The van der Waals surface area contributed by atoms with Gasteiger partial charge in [0.25, 0.3) is 11.8 Å². The predicted molar refractivity (Wildman–Crippen MR) is 106 cm³/mol. The molecule has 0 bridgehead atoms. The molecule has 1 aliphatic carbocycles. The summed E-state index contributed by atoms with van der Waals surface area (Å²) in [5.41, 5.74) is 6.52. The fourth-order valence-corrected chi connectivity index (χ4v) is 3.67. The molecule has 4 N–H and O–H groups in total. The maximum atomic E-state index is 13.9. The highest BCUT2D eigenvalue weighted by molar-refractivity contribution is 6.09. The Hall–Kier alpha value is -3.69. The molecule has 0 aliphatic heterocycles. The Morgan fingerprint density at radius 3 is 2.30 bits per heavy atom. The number of halogens is 2. The highest BCUT2D eigenvalue weighted by atomic mass is 19.3. The lowest BCUT2D eigenvalue weighted by Gasteiger charge is -2.47. The third kappa shape index (κ3) is 3.51. The number of nitrogens with two attached hydrogens (primary N) is 1. The molecule has 2 heterocycles. The quantitative estimate of drug-likeness (QED) is 0.450. The normalized spacial score (nSPS) is 16.5. The molecule has 1 aliphatic rings. The van der Waals surface area contributed by atoms with Crippen molar-refractivity contribution in [2.75, 3.05) is 5.73 Å². The van der Waals surface area contributed by atoms with Crippen LogP contribution >= 0.6 is 0 Å². The largest absolute Gasteiger partial charge is 0.368 e. The van der Waals surface area contributed by atoms with Crippen LogP contribution in [0.2, 0.25) is 0 Å². The molecule has 0 saturated heterocycles. The van der Waals surface area contributed by atoms with E-state index in [1.54, 1.807) is 43.7 Å². The Kier molecular flexibility index (Phi) is 4.56. The van der Waals surface area contributed by atoms with Gasteiger partial charge in [0.2, 0.25) is 5.95 Å². The number of carbonyl (C=O) groups excluding carboxylic acids is 1. The summed E-state index contributed by atoms with van der Waals surface area (Å²) in [6.07, 6.45) is 4.90. The SMILES string of the molecule is Cn1cc(C(=O)NC(=N)C2(c3ccc(-c4cnc(N)nc4)cc3)CC(F)(F)C2)cn1. The van der Waals surface area contributed by atoms with E-state index >= 15 is 0 Å². The van der Waals surface area contributed by atoms with E-state index in [1.807, 2.05) is 0 Å². The zero-order chi connectivity index (χ0) is 21.5. The molecular weight excluding hydrogens is 392 g/mol. The van der Waals surface area contributed by atoms with Crippen molar-refractivity contribution in [2.24, 2.45) is 7.05 Å². The van der Waals surface area contributed by atoms with Gasteiger partial charge in [0, 0.05) is 44.0 Å². The highest BCUT2D eigenvalue weighted by Gasteiger charge is 2.60. The van der Waals surface area contributed by atoms with Gasteiger partial charge in [0.1, 0.15) is 5.84 Å². The molecule has 1 fully saturated rings. The van der Waals surface area contributed by atoms with Crippen LogP contribution in [0.5, 0.6) is 0 Å². The minimum absolute atomic E-state index is 0.156. The summed E-state index contributed by atoms with van der Waals surface area (Å²) in [5, 5.41) is 14.8. The second kappa shape index (κ2) is 6.97. The second-order valence-corrected chi connectivity index (χ2v) is 7.43. The molecule has 0 spiro atoms. The Morgan fingerprint density at radius 1 is 1.13 bits per heavy atom. The van der Waals surface area contributed by atoms with E-state index in [0.29, 0.717) is 5.56 Å². The topological polar surface area (TPSA) is 123 Å². The lowest BCUT2D eigenvalue weighted by Crippen LogP contribution is -2.58. The van der Waals surface area contributed by atoms with Gasteiger partial charge in [-0.3, -0.25) is 14.9 Å². The van der Waals surface area contributed by atoms with Crippen LogP contribution in [0.3, 0.4) is 0 Å². The number of rotatable bonds is 4. The first-order valence-electron chi connectivity index (χ1n) is 9.14. The standard InChI is InChI=1S/C20H19F2N7O/c1-29-9-14(8-27-29)16(30)28-17(23)19(10-20(21,22)11-19)15-4-2-12(3-5-15)13-6-25-18(24)26-7-13/h2-9H,10-11H2,1H3,(H2,23,28,30)(H2,24,25,26). The summed E-state index contributed by atoms with van der Waals surface area (Å²) in [4.78, 5) is 20.3. The van der Waals surface area contributed by atoms with Gasteiger partial charge >= 0.3 is 0 Å². The van der Waals surface area contributed by atoms with Crippen LogP contribution in [-0.2, 0) is 12.5 Å². The average Bonchev–Trinajstić information content (AvgIpc) is 3.13. The molecule has 1 saturated carbocycles. The van der Waals surface area contributed by atoms with Crippen molar-refractivity contribution in [3.8, 4) is 11.1 Å². The van der Waals surface area contributed by atoms with Crippen molar-refractivity contribution in [1.82, 2.24) is 25.1 Å². The van der Waals surface area contributed by atoms with Crippen LogP contribution in [0.25, 0.3) is 11.1 Å². The highest BCUT2D eigenvalue weighted by Crippen LogP contribution is 2.53. The summed E-state index contributed by atoms with van der Waals surface area (Å²) < 4.78 is 29.2. The number of carbonyl (C=O) groups is 1. The number of hydrogen-bond acceptors (Lipinski definition) is 6. The number of aromatic nitrogens is 4. The van der Waals surface area contributed by atoms with E-state index in [1.165, 1.54) is 17.1 Å². The number of amidine groups is 1. The molecule has 10 heteroatoms. The zero-order valence-electron chi connectivity index (χ0n) is 16.1. The van der Waals surface area contributed by atoms with Crippen molar-refractivity contribution in [1.29, 1.82) is 5.41 Å². The van der Waals surface area contributed by atoms with Crippen molar-refractivity contribution in [2.45, 2.75) is 24.2 Å². The molecule has 8 nitrogen and oxygen atoms in total. The van der Waals surface area contributed by atoms with Crippen LogP contribution in [0.4, 0.5) is 14.7 Å². The van der Waals surface area contributed by atoms with Crippen LogP contribution < -0.4 is 11.1 Å². The zero-order valence-corrected chi connectivity index (χ0v) is 16.1. The number of alkyl halides is 2. The first-order chi connectivity index (χ1) is 14.2. The Labute approximate surface area is 170 Å². The van der Waals surface area contributed by atoms with Crippen LogP contribution in [0.15, 0.2) is 49.1 Å². The number of aryl methyl sites for hydroxylation is 1. The van der Waals surface area contributed by atoms with Gasteiger partial charge < -0.3 is 11.1 Å². The summed E-state index contributed by atoms with van der Waals surface area (Å²) in [7, 11) is 1.66. The maximum absolute atomic E-state index is 13.9. The number of nitrogens with one attached hydrogen (secondary N) is 2. The monoisotopic (exact) mass is 411 g/mol. The Bertz CT molecular complexity index is 1100. The van der Waals surface area contributed by atoms with Gasteiger partial charge in [0.15, 0.2) is 0 Å². The molecule has 1 aromatic carbocycles. The third-order valence-electron chi connectivity index (χ3n) is 5.25. The van der Waals surface area contributed by atoms with Gasteiger partial charge in [-0.2, -0.15) is 5.10 Å². The van der Waals surface area contributed by atoms with Gasteiger partial charge in [-0.25, -0.2) is 18.7 Å². The molecule has 0 radical (unpaired) electrons. The fraction of sp³-hybridized carbons (Fsp3) is 0.250. The number of amides is 1. The average molecular weight is 411 g/mol. The number of nitrogen functional groups attached to an aromatic ring is 1. The fourth-order valence-electron chi connectivity index (χ4n) is 3.67. The molecule has 0 atom stereocenters. The molecule has 30 heavy (non-hydrogen) atoms. The van der Waals surface area contributed by atoms with E-state index < -0.39 is 30.1 Å². The predicted octanol–water partition coefficient (Wildman–Crippen LogP) is 2.53. The number of hydrogen-bond donors (Lipinski definition) is 3. The van der Waals surface area contributed by atoms with E-state index in [-0.39, 0.29) is 17.3 Å². The van der Waals surface area contributed by atoms with E-state index in [0.717, 1.165) is 11.1 Å². The summed E-state index contributed by atoms with van der Waals surface area (Å²) >= 11 is 0. The van der Waals surface area contributed by atoms with Crippen molar-refractivity contribution in [3.63, 3.8) is 0 Å². The van der Waals surface area contributed by atoms with Crippen LogP contribution in [-0.4, -0.2) is 37.4 Å². The van der Waals surface area contributed by atoms with Gasteiger partial charge in [-0.1, -0.05) is 24.3 Å². The molecule has 3 aromatic rings. The first-order valence-corrected chi connectivity index (χ1v) is 9.14. The van der Waals surface area contributed by atoms with Crippen molar-refractivity contribution in [3.05, 3.63) is 60.2 Å². The lowest BCUT2D eigenvalue weighted by molar-refractivity contribution is -0.106. The molecule has 0 unspecified atom stereocenters. The number of benzene rings is 1. The third-order valence-corrected chi connectivity index (χ3v) is 5.25. The van der Waals surface area contributed by atoms with E-state index in [9.17, 15) is 13.6 Å². The van der Waals surface area contributed by atoms with Gasteiger partial charge in [-0.05, 0) is 11.1 Å². The van der Waals surface area contributed by atoms with Gasteiger partial charge in [-0.15, -0.1) is 0 Å². The molecule has 154 valence electrons. The van der Waals surface area contributed by atoms with Crippen LogP contribution in [0.1, 0.15) is 28.8 Å². The van der Waals surface area contributed by atoms with E-state index in [4.69, 9.17) is 11.1 Å². The summed E-state index contributed by atoms with van der Waals surface area (Å²) in [6.45, 7) is 0. The van der Waals surface area contributed by atoms with Crippen molar-refractivity contribution < 1.29 is 13.6 Å². The molecule has 4 rings (SSSR count). The Morgan fingerprint density at radius 2 is 1.77 bits per heavy atom. The maximum Gasteiger partial charge on any atom is 0.259 e. The van der Waals surface area contributed by atoms with Crippen LogP contribution in [0, 0.1) is 5.41 Å². The van der Waals surface area contributed by atoms with Crippen molar-refractivity contribution >= 4 is 17.7 Å². The molecular formula is C20H19F2N7O. The summed E-state index contributed by atoms with van der Waals surface area (Å²) in [6, 6.07) is 6.87. The molecule has 2 aromatic heterocycles. The first kappa shape index (κ1) is 19.6. The minimum Gasteiger partial charge on any atom is -0.368 e. The summed E-state index contributed by atoms with van der Waals surface area (Å²) in [5.74, 6) is -3.55. The minimum atomic E-state index is -2.89. The Balaban J connectivity index is 1.59. The second-order valence-electron chi connectivity index (χ2n) is 7.43. The smallest absolute Gasteiger partial charge is 0.259 e.